The van der Waals surface area contributed by atoms with Crippen LogP contribution in [0.15, 0.2) is 57.4 Å². The molecule has 0 fully saturated rings. The van der Waals surface area contributed by atoms with Gasteiger partial charge in [-0.1, -0.05) is 36.2 Å². The molecular weight excluding hydrogens is 502 g/mol. The number of carbonyl (C=O) groups is 1. The van der Waals surface area contributed by atoms with Crippen LogP contribution in [0.4, 0.5) is 0 Å². The molecule has 2 aromatic carbocycles. The zero-order valence-corrected chi connectivity index (χ0v) is 22.4. The highest BCUT2D eigenvalue weighted by molar-refractivity contribution is 7.17. The highest BCUT2D eigenvalue weighted by Crippen LogP contribution is 2.32. The van der Waals surface area contributed by atoms with E-state index in [0.717, 1.165) is 28.9 Å². The minimum Gasteiger partial charge on any atom is -0.454 e. The number of nitrogens with zero attached hydrogens (tertiary/aromatic N) is 2. The fourth-order valence-electron chi connectivity index (χ4n) is 4.75. The Labute approximate surface area is 224 Å². The maximum absolute atomic E-state index is 13.4. The van der Waals surface area contributed by atoms with Crippen molar-refractivity contribution in [3.63, 3.8) is 0 Å². The number of aryl methyl sites for hydroxylation is 2. The van der Waals surface area contributed by atoms with Crippen LogP contribution in [-0.4, -0.2) is 21.8 Å². The first-order valence-electron chi connectivity index (χ1n) is 12.8. The van der Waals surface area contributed by atoms with Gasteiger partial charge in [0.05, 0.1) is 12.1 Å². The number of ether oxygens (including phenoxy) is 2. The summed E-state index contributed by atoms with van der Waals surface area (Å²) in [6.45, 7) is 5.48. The number of benzene rings is 2. The van der Waals surface area contributed by atoms with Crippen molar-refractivity contribution in [3.8, 4) is 11.5 Å². The molecule has 9 heteroatoms. The summed E-state index contributed by atoms with van der Waals surface area (Å²) in [6.07, 6.45) is 2.45. The van der Waals surface area contributed by atoms with Crippen LogP contribution in [0.25, 0.3) is 10.2 Å². The quantitative estimate of drug-likeness (QED) is 0.303. The third-order valence-electron chi connectivity index (χ3n) is 6.88. The smallest absolute Gasteiger partial charge is 0.331 e. The summed E-state index contributed by atoms with van der Waals surface area (Å²) in [7, 11) is 0. The number of nitrogens with one attached hydrogen (secondary N) is 1. The molecule has 198 valence electrons. The molecule has 0 atom stereocenters. The third-order valence-corrected chi connectivity index (χ3v) is 7.77. The van der Waals surface area contributed by atoms with Gasteiger partial charge >= 0.3 is 5.69 Å². The maximum Gasteiger partial charge on any atom is 0.331 e. The second-order valence-electron chi connectivity index (χ2n) is 9.67. The Bertz CT molecular complexity index is 1600. The standard InChI is InChI=1S/C29H31N3O5S/c1-19-7-9-22(20(2)14-19)17-32-23-11-13-38-27(23)28(34)31(29(32)35)12-5-3-4-6-26(33)30-16-21-8-10-24-25(15-21)37-18-36-24/h7-11,13-15H,3-6,12,16-18H2,1-2H3,(H,30,33). The van der Waals surface area contributed by atoms with Crippen molar-refractivity contribution in [3.05, 3.63) is 90.9 Å². The lowest BCUT2D eigenvalue weighted by Gasteiger charge is -2.14. The molecule has 0 saturated carbocycles. The van der Waals surface area contributed by atoms with E-state index in [9.17, 15) is 14.4 Å². The fourth-order valence-corrected chi connectivity index (χ4v) is 5.59. The van der Waals surface area contributed by atoms with E-state index < -0.39 is 0 Å². The van der Waals surface area contributed by atoms with Crippen LogP contribution in [0.5, 0.6) is 11.5 Å². The van der Waals surface area contributed by atoms with Gasteiger partial charge in [-0.05, 0) is 67.0 Å². The van der Waals surface area contributed by atoms with E-state index in [0.29, 0.717) is 54.9 Å². The molecule has 0 saturated heterocycles. The summed E-state index contributed by atoms with van der Waals surface area (Å²) in [4.78, 5) is 38.8. The van der Waals surface area contributed by atoms with Crippen LogP contribution in [-0.2, 0) is 24.4 Å². The number of amides is 1. The van der Waals surface area contributed by atoms with Crippen LogP contribution in [0.2, 0.25) is 0 Å². The number of rotatable bonds is 10. The molecule has 0 unspecified atom stereocenters. The highest BCUT2D eigenvalue weighted by Gasteiger charge is 2.16. The lowest BCUT2D eigenvalue weighted by molar-refractivity contribution is -0.121. The van der Waals surface area contributed by atoms with Gasteiger partial charge in [-0.25, -0.2) is 4.79 Å². The Morgan fingerprint density at radius 2 is 1.82 bits per heavy atom. The molecule has 0 radical (unpaired) electrons. The first-order chi connectivity index (χ1) is 18.4. The van der Waals surface area contributed by atoms with Crippen LogP contribution in [0, 0.1) is 13.8 Å². The maximum atomic E-state index is 13.4. The first-order valence-corrected chi connectivity index (χ1v) is 13.7. The van der Waals surface area contributed by atoms with Crippen molar-refractivity contribution in [1.82, 2.24) is 14.5 Å². The summed E-state index contributed by atoms with van der Waals surface area (Å²) in [5, 5.41) is 4.79. The summed E-state index contributed by atoms with van der Waals surface area (Å²) < 4.78 is 14.3. The molecule has 2 aromatic heterocycles. The molecule has 1 aliphatic rings. The Hall–Kier alpha value is -3.85. The van der Waals surface area contributed by atoms with Crippen LogP contribution in [0.1, 0.15) is 47.9 Å². The molecule has 5 rings (SSSR count). The van der Waals surface area contributed by atoms with Crippen LogP contribution < -0.4 is 26.0 Å². The van der Waals surface area contributed by atoms with Crippen LogP contribution >= 0.6 is 11.3 Å². The molecule has 8 nitrogen and oxygen atoms in total. The second kappa shape index (κ2) is 11.3. The average Bonchev–Trinajstić information content (AvgIpc) is 3.57. The van der Waals surface area contributed by atoms with Gasteiger partial charge in [-0.2, -0.15) is 0 Å². The molecule has 0 spiro atoms. The molecule has 4 aromatic rings. The minimum absolute atomic E-state index is 0.0318. The summed E-state index contributed by atoms with van der Waals surface area (Å²) in [5.41, 5.74) is 4.45. The highest BCUT2D eigenvalue weighted by atomic mass is 32.1. The monoisotopic (exact) mass is 533 g/mol. The van der Waals surface area contributed by atoms with Crippen LogP contribution in [0.3, 0.4) is 0 Å². The molecule has 1 N–H and O–H groups in total. The number of unbranched alkanes of at least 4 members (excludes halogenated alkanes) is 2. The Morgan fingerprint density at radius 1 is 0.974 bits per heavy atom. The van der Waals surface area contributed by atoms with Gasteiger partial charge < -0.3 is 14.8 Å². The Balaban J connectivity index is 1.17. The lowest BCUT2D eigenvalue weighted by atomic mass is 10.1. The van der Waals surface area contributed by atoms with Crippen molar-refractivity contribution in [2.75, 3.05) is 6.79 Å². The Morgan fingerprint density at radius 3 is 2.66 bits per heavy atom. The molecule has 3 heterocycles. The SMILES string of the molecule is Cc1ccc(Cn2c(=O)n(CCCCCC(=O)NCc3ccc4c(c3)OCO4)c(=O)c3sccc32)c(C)c1. The van der Waals surface area contributed by atoms with Gasteiger partial charge in [0.2, 0.25) is 12.7 Å². The van der Waals surface area contributed by atoms with Gasteiger partial charge in [0.25, 0.3) is 5.56 Å². The van der Waals surface area contributed by atoms with Gasteiger partial charge in [-0.3, -0.25) is 18.7 Å². The first kappa shape index (κ1) is 25.8. The molecule has 0 aliphatic carbocycles. The van der Waals surface area contributed by atoms with E-state index >= 15 is 0 Å². The lowest BCUT2D eigenvalue weighted by Crippen LogP contribution is -2.40. The zero-order chi connectivity index (χ0) is 26.6. The normalized spacial score (nSPS) is 12.3. The van der Waals surface area contributed by atoms with E-state index in [4.69, 9.17) is 9.47 Å². The van der Waals surface area contributed by atoms with Crippen molar-refractivity contribution in [2.45, 2.75) is 59.2 Å². The third kappa shape index (κ3) is 5.52. The van der Waals surface area contributed by atoms with E-state index in [1.54, 1.807) is 4.57 Å². The average molecular weight is 534 g/mol. The molecule has 1 aliphatic heterocycles. The van der Waals surface area contributed by atoms with Crippen molar-refractivity contribution < 1.29 is 14.3 Å². The largest absolute Gasteiger partial charge is 0.454 e. The van der Waals surface area contributed by atoms with E-state index in [1.807, 2.05) is 55.6 Å². The predicted molar refractivity (Wildman–Crippen MR) is 148 cm³/mol. The van der Waals surface area contributed by atoms with Gasteiger partial charge in [0, 0.05) is 19.5 Å². The van der Waals surface area contributed by atoms with E-state index in [-0.39, 0.29) is 23.9 Å². The molecule has 0 bridgehead atoms. The van der Waals surface area contributed by atoms with Gasteiger partial charge in [-0.15, -0.1) is 11.3 Å². The number of hydrogen-bond donors (Lipinski definition) is 1. The molecule has 38 heavy (non-hydrogen) atoms. The number of thiophene rings is 1. The molecular formula is C29H31N3O5S. The number of hydrogen-bond acceptors (Lipinski definition) is 6. The second-order valence-corrected chi connectivity index (χ2v) is 10.6. The van der Waals surface area contributed by atoms with Crippen molar-refractivity contribution in [2.24, 2.45) is 0 Å². The number of carbonyl (C=O) groups excluding carboxylic acids is 1. The fraction of sp³-hybridized carbons (Fsp3) is 0.345. The minimum atomic E-state index is -0.289. The summed E-state index contributed by atoms with van der Waals surface area (Å²) in [5.74, 6) is 1.38. The van der Waals surface area contributed by atoms with Crippen molar-refractivity contribution >= 4 is 27.5 Å². The summed E-state index contributed by atoms with van der Waals surface area (Å²) >= 11 is 1.37. The molecule has 1 amide bonds. The predicted octanol–water partition coefficient (Wildman–Crippen LogP) is 4.50. The zero-order valence-electron chi connectivity index (χ0n) is 21.6. The van der Waals surface area contributed by atoms with E-state index in [2.05, 4.69) is 11.4 Å². The van der Waals surface area contributed by atoms with Gasteiger partial charge in [0.15, 0.2) is 11.5 Å². The summed E-state index contributed by atoms with van der Waals surface area (Å²) in [6, 6.07) is 13.7. The Kier molecular flexibility index (Phi) is 7.64. The van der Waals surface area contributed by atoms with Crippen molar-refractivity contribution in [1.29, 1.82) is 0 Å². The van der Waals surface area contributed by atoms with E-state index in [1.165, 1.54) is 21.5 Å². The number of fused-ring (bicyclic) bond motifs is 2. The number of aromatic nitrogens is 2. The topological polar surface area (TPSA) is 91.6 Å². The van der Waals surface area contributed by atoms with Gasteiger partial charge in [0.1, 0.15) is 4.70 Å².